The van der Waals surface area contributed by atoms with Crippen molar-refractivity contribution in [1.82, 2.24) is 5.16 Å². The van der Waals surface area contributed by atoms with Crippen LogP contribution in [0, 0.1) is 6.92 Å². The van der Waals surface area contributed by atoms with Gasteiger partial charge in [-0.25, -0.2) is 0 Å². The highest BCUT2D eigenvalue weighted by atomic mass is 16.5. The van der Waals surface area contributed by atoms with Crippen LogP contribution in [0.3, 0.4) is 0 Å². The third-order valence-electron chi connectivity index (χ3n) is 1.52. The van der Waals surface area contributed by atoms with Crippen molar-refractivity contribution in [1.29, 1.82) is 0 Å². The quantitative estimate of drug-likeness (QED) is 0.641. The number of rotatable bonds is 2. The molecule has 1 rings (SSSR count). The molecule has 1 aromatic rings. The maximum absolute atomic E-state index is 11.0. The highest BCUT2D eigenvalue weighted by molar-refractivity contribution is 5.12. The van der Waals surface area contributed by atoms with Gasteiger partial charge in [0.1, 0.15) is 5.76 Å². The van der Waals surface area contributed by atoms with Gasteiger partial charge in [-0.1, -0.05) is 0 Å². The van der Waals surface area contributed by atoms with E-state index < -0.39 is 0 Å². The zero-order valence-corrected chi connectivity index (χ0v) is 6.68. The van der Waals surface area contributed by atoms with E-state index in [1.165, 1.54) is 0 Å². The number of nitrogens with two attached hydrogens (primary N) is 1. The summed E-state index contributed by atoms with van der Waals surface area (Å²) in [5.41, 5.74) is 6.01. The number of aromatic amines is 1. The highest BCUT2D eigenvalue weighted by Crippen LogP contribution is 2.02. The third-order valence-corrected chi connectivity index (χ3v) is 1.52. The molecule has 0 fully saturated rings. The lowest BCUT2D eigenvalue weighted by Gasteiger charge is -1.99. The van der Waals surface area contributed by atoms with Gasteiger partial charge >= 0.3 is 0 Å². The van der Waals surface area contributed by atoms with Gasteiger partial charge in [0.2, 0.25) is 0 Å². The minimum atomic E-state index is -0.167. The van der Waals surface area contributed by atoms with Crippen LogP contribution in [0.15, 0.2) is 9.32 Å². The summed E-state index contributed by atoms with van der Waals surface area (Å²) in [6.07, 6.45) is 0.567. The molecule has 11 heavy (non-hydrogen) atoms. The van der Waals surface area contributed by atoms with Crippen LogP contribution in [-0.2, 0) is 6.42 Å². The fourth-order valence-corrected chi connectivity index (χ4v) is 0.964. The average molecular weight is 156 g/mol. The molecule has 0 amide bonds. The van der Waals surface area contributed by atoms with Crippen molar-refractivity contribution in [3.05, 3.63) is 21.7 Å². The van der Waals surface area contributed by atoms with Crippen molar-refractivity contribution in [2.45, 2.75) is 26.3 Å². The molecule has 0 aliphatic rings. The zero-order chi connectivity index (χ0) is 8.43. The summed E-state index contributed by atoms with van der Waals surface area (Å²) < 4.78 is 4.80. The molecule has 0 bridgehead atoms. The summed E-state index contributed by atoms with van der Waals surface area (Å²) in [6, 6.07) is -0.00704. The van der Waals surface area contributed by atoms with Crippen LogP contribution in [-0.4, -0.2) is 11.2 Å². The first kappa shape index (κ1) is 8.07. The predicted molar refractivity (Wildman–Crippen MR) is 41.4 cm³/mol. The molecular formula is C7H12N2O2. The molecule has 1 aromatic heterocycles. The van der Waals surface area contributed by atoms with Crippen LogP contribution in [0.25, 0.3) is 0 Å². The second-order valence-corrected chi connectivity index (χ2v) is 2.75. The lowest BCUT2D eigenvalue weighted by Crippen LogP contribution is -2.21. The lowest BCUT2D eigenvalue weighted by molar-refractivity contribution is 0.391. The Morgan fingerprint density at radius 1 is 1.73 bits per heavy atom. The SMILES string of the molecule is Cc1o[nH]c(=O)c1C[C@@H](C)N. The standard InChI is InChI=1S/C7H12N2O2/c1-4(8)3-6-5(2)11-9-7(6)10/h4H,3,8H2,1-2H3,(H,9,10)/t4-/m1/s1. The van der Waals surface area contributed by atoms with E-state index in [-0.39, 0.29) is 11.6 Å². The van der Waals surface area contributed by atoms with Crippen LogP contribution < -0.4 is 11.3 Å². The van der Waals surface area contributed by atoms with Gasteiger partial charge in [-0.15, -0.1) is 0 Å². The number of hydrogen-bond acceptors (Lipinski definition) is 3. The molecule has 1 heterocycles. The maximum Gasteiger partial charge on any atom is 0.283 e. The maximum atomic E-state index is 11.0. The largest absolute Gasteiger partial charge is 0.384 e. The number of aromatic nitrogens is 1. The topological polar surface area (TPSA) is 72.0 Å². The molecule has 4 heteroatoms. The fourth-order valence-electron chi connectivity index (χ4n) is 0.964. The van der Waals surface area contributed by atoms with Crippen LogP contribution >= 0.6 is 0 Å². The predicted octanol–water partition coefficient (Wildman–Crippen LogP) is 0.166. The van der Waals surface area contributed by atoms with Crippen molar-refractivity contribution >= 4 is 0 Å². The van der Waals surface area contributed by atoms with Crippen LogP contribution in [0.1, 0.15) is 18.2 Å². The molecular weight excluding hydrogens is 144 g/mol. The summed E-state index contributed by atoms with van der Waals surface area (Å²) in [5.74, 6) is 0.632. The van der Waals surface area contributed by atoms with Crippen molar-refractivity contribution in [2.75, 3.05) is 0 Å². The molecule has 0 radical (unpaired) electrons. The summed E-state index contributed by atoms with van der Waals surface area (Å²) in [5, 5.41) is 2.26. The lowest BCUT2D eigenvalue weighted by atomic mass is 10.1. The Balaban J connectivity index is 2.92. The summed E-state index contributed by atoms with van der Waals surface area (Å²) >= 11 is 0. The molecule has 62 valence electrons. The van der Waals surface area contributed by atoms with Gasteiger partial charge in [0, 0.05) is 6.04 Å². The van der Waals surface area contributed by atoms with E-state index in [1.807, 2.05) is 6.92 Å². The monoisotopic (exact) mass is 156 g/mol. The first-order chi connectivity index (χ1) is 5.11. The molecule has 4 nitrogen and oxygen atoms in total. The number of aryl methyl sites for hydroxylation is 1. The van der Waals surface area contributed by atoms with Gasteiger partial charge in [-0.3, -0.25) is 4.79 Å². The zero-order valence-electron chi connectivity index (χ0n) is 6.68. The summed E-state index contributed by atoms with van der Waals surface area (Å²) in [7, 11) is 0. The van der Waals surface area contributed by atoms with Crippen LogP contribution in [0.5, 0.6) is 0 Å². The Hall–Kier alpha value is -1.03. The molecule has 0 saturated carbocycles. The van der Waals surface area contributed by atoms with Gasteiger partial charge < -0.3 is 10.3 Å². The smallest absolute Gasteiger partial charge is 0.283 e. The Morgan fingerprint density at radius 3 is 2.73 bits per heavy atom. The van der Waals surface area contributed by atoms with Gasteiger partial charge in [-0.2, -0.15) is 5.16 Å². The molecule has 0 aliphatic carbocycles. The second kappa shape index (κ2) is 2.92. The number of H-pyrrole nitrogens is 1. The molecule has 3 N–H and O–H groups in total. The molecule has 0 spiro atoms. The van der Waals surface area contributed by atoms with E-state index in [0.717, 1.165) is 0 Å². The minimum absolute atomic E-state index is 0.00704. The Labute approximate surface area is 64.4 Å². The van der Waals surface area contributed by atoms with E-state index in [9.17, 15) is 4.79 Å². The van der Waals surface area contributed by atoms with E-state index in [2.05, 4.69) is 5.16 Å². The van der Waals surface area contributed by atoms with Crippen molar-refractivity contribution in [3.8, 4) is 0 Å². The third kappa shape index (κ3) is 1.71. The van der Waals surface area contributed by atoms with E-state index in [0.29, 0.717) is 17.7 Å². The molecule has 0 aromatic carbocycles. The van der Waals surface area contributed by atoms with E-state index >= 15 is 0 Å². The molecule has 0 saturated heterocycles. The molecule has 0 unspecified atom stereocenters. The van der Waals surface area contributed by atoms with Crippen LogP contribution in [0.2, 0.25) is 0 Å². The first-order valence-corrected chi connectivity index (χ1v) is 3.53. The molecule has 0 aliphatic heterocycles. The second-order valence-electron chi connectivity index (χ2n) is 2.75. The van der Waals surface area contributed by atoms with Gasteiger partial charge in [-0.05, 0) is 20.3 Å². The summed E-state index contributed by atoms with van der Waals surface area (Å²) in [6.45, 7) is 3.60. The minimum Gasteiger partial charge on any atom is -0.384 e. The van der Waals surface area contributed by atoms with Gasteiger partial charge in [0.05, 0.1) is 5.56 Å². The van der Waals surface area contributed by atoms with Gasteiger partial charge in [0.25, 0.3) is 5.56 Å². The van der Waals surface area contributed by atoms with Crippen LogP contribution in [0.4, 0.5) is 0 Å². The average Bonchev–Trinajstić information content (AvgIpc) is 2.18. The van der Waals surface area contributed by atoms with Gasteiger partial charge in [0.15, 0.2) is 0 Å². The first-order valence-electron chi connectivity index (χ1n) is 3.53. The van der Waals surface area contributed by atoms with E-state index in [1.54, 1.807) is 6.92 Å². The summed E-state index contributed by atoms with van der Waals surface area (Å²) in [4.78, 5) is 11.0. The van der Waals surface area contributed by atoms with Crippen molar-refractivity contribution in [2.24, 2.45) is 5.73 Å². The highest BCUT2D eigenvalue weighted by Gasteiger charge is 2.09. The number of nitrogens with one attached hydrogen (secondary N) is 1. The Kier molecular flexibility index (Phi) is 2.14. The Morgan fingerprint density at radius 2 is 2.36 bits per heavy atom. The fraction of sp³-hybridized carbons (Fsp3) is 0.571. The Bertz CT molecular complexity index is 285. The number of hydrogen-bond donors (Lipinski definition) is 2. The normalized spacial score (nSPS) is 13.4. The van der Waals surface area contributed by atoms with E-state index in [4.69, 9.17) is 10.3 Å². The molecule has 1 atom stereocenters. The van der Waals surface area contributed by atoms with Crippen molar-refractivity contribution < 1.29 is 4.52 Å². The van der Waals surface area contributed by atoms with Crippen molar-refractivity contribution in [3.63, 3.8) is 0 Å².